The van der Waals surface area contributed by atoms with Gasteiger partial charge >= 0.3 is 0 Å². The first-order chi connectivity index (χ1) is 15.0. The Morgan fingerprint density at radius 2 is 2.10 bits per heavy atom. The molecule has 2 aromatic carbocycles. The first-order valence-electron chi connectivity index (χ1n) is 10.2. The quantitative estimate of drug-likeness (QED) is 0.509. The lowest BCUT2D eigenvalue weighted by atomic mass is 10.00. The second-order valence-electron chi connectivity index (χ2n) is 7.88. The molecule has 5 N–H and O–H groups in total. The zero-order chi connectivity index (χ0) is 21.4. The van der Waals surface area contributed by atoms with Crippen LogP contribution in [0, 0.1) is 0 Å². The zero-order valence-electron chi connectivity index (χ0n) is 17.2. The molecule has 158 valence electrons. The summed E-state index contributed by atoms with van der Waals surface area (Å²) in [5.41, 5.74) is 12.9. The molecule has 5 rings (SSSR count). The Morgan fingerprint density at radius 1 is 1.19 bits per heavy atom. The maximum absolute atomic E-state index is 6.68. The van der Waals surface area contributed by atoms with Gasteiger partial charge in [0.2, 0.25) is 5.79 Å². The van der Waals surface area contributed by atoms with Gasteiger partial charge in [-0.2, -0.15) is 5.10 Å². The number of hydrogen-bond donors (Lipinski definition) is 4. The first kappa shape index (κ1) is 19.8. The van der Waals surface area contributed by atoms with Crippen molar-refractivity contribution in [3.63, 3.8) is 0 Å². The number of nitrogens with one attached hydrogen (secondary N) is 3. The molecule has 0 spiro atoms. The first-order valence-corrected chi connectivity index (χ1v) is 10.6. The molecule has 1 atom stereocenters. The molecule has 2 aliphatic rings. The number of aromatic nitrogens is 2. The zero-order valence-corrected chi connectivity index (χ0v) is 17.9. The Kier molecular flexibility index (Phi) is 5.02. The van der Waals surface area contributed by atoms with Gasteiger partial charge < -0.3 is 16.0 Å². The Balaban J connectivity index is 1.54. The van der Waals surface area contributed by atoms with Crippen molar-refractivity contribution in [2.75, 3.05) is 11.9 Å². The van der Waals surface area contributed by atoms with Crippen molar-refractivity contribution < 1.29 is 0 Å². The molecule has 0 aliphatic carbocycles. The number of fused-ring (bicyclic) bond motifs is 1. The SMILES string of the molecule is Cn1cc(C2=CNC(N)(c3cccc(Cl)c3)N=C2Nc2ccc3c(c2)CNCC3)cn1. The van der Waals surface area contributed by atoms with Gasteiger partial charge in [0.1, 0.15) is 5.84 Å². The summed E-state index contributed by atoms with van der Waals surface area (Å²) in [5.74, 6) is -0.479. The average Bonchev–Trinajstić information content (AvgIpc) is 3.20. The van der Waals surface area contributed by atoms with Crippen molar-refractivity contribution in [2.45, 2.75) is 18.8 Å². The molecule has 0 fully saturated rings. The van der Waals surface area contributed by atoms with Crippen molar-refractivity contribution in [2.24, 2.45) is 17.8 Å². The summed E-state index contributed by atoms with van der Waals surface area (Å²) in [6, 6.07) is 13.9. The van der Waals surface area contributed by atoms with E-state index in [2.05, 4.69) is 39.2 Å². The third kappa shape index (κ3) is 3.95. The number of halogens is 1. The van der Waals surface area contributed by atoms with Gasteiger partial charge in [0, 0.05) is 53.4 Å². The smallest absolute Gasteiger partial charge is 0.211 e. The van der Waals surface area contributed by atoms with Gasteiger partial charge in [-0.25, -0.2) is 4.99 Å². The van der Waals surface area contributed by atoms with Crippen LogP contribution in [0.5, 0.6) is 0 Å². The Morgan fingerprint density at radius 3 is 2.90 bits per heavy atom. The van der Waals surface area contributed by atoms with Crippen molar-refractivity contribution in [1.29, 1.82) is 0 Å². The number of nitrogens with zero attached hydrogens (tertiary/aromatic N) is 3. The number of aryl methyl sites for hydroxylation is 1. The lowest BCUT2D eigenvalue weighted by Crippen LogP contribution is -2.50. The van der Waals surface area contributed by atoms with Crippen LogP contribution in [-0.4, -0.2) is 22.2 Å². The van der Waals surface area contributed by atoms with Gasteiger partial charge in [-0.15, -0.1) is 0 Å². The van der Waals surface area contributed by atoms with E-state index in [0.717, 1.165) is 41.9 Å². The highest BCUT2D eigenvalue weighted by atomic mass is 35.5. The van der Waals surface area contributed by atoms with Gasteiger partial charge in [-0.05, 0) is 48.4 Å². The minimum absolute atomic E-state index is 0.609. The van der Waals surface area contributed by atoms with Crippen molar-refractivity contribution >= 4 is 28.7 Å². The molecule has 0 amide bonds. The maximum Gasteiger partial charge on any atom is 0.211 e. The third-order valence-electron chi connectivity index (χ3n) is 5.62. The molecule has 3 aromatic rings. The van der Waals surface area contributed by atoms with Crippen molar-refractivity contribution in [3.8, 4) is 0 Å². The second kappa shape index (κ2) is 7.85. The molecule has 3 heterocycles. The molecule has 0 bridgehead atoms. The standard InChI is InChI=1S/C23H24ClN7/c1-31-14-17(12-28-31)21-13-27-23(25,18-3-2-4-19(24)10-18)30-22(21)29-20-6-5-15-7-8-26-11-16(15)9-20/h2-6,9-10,12-14,26-27H,7-8,11,25H2,1H3,(H,29,30). The summed E-state index contributed by atoms with van der Waals surface area (Å²) in [6.45, 7) is 1.88. The van der Waals surface area contributed by atoms with Gasteiger partial charge in [-0.3, -0.25) is 10.4 Å². The summed E-state index contributed by atoms with van der Waals surface area (Å²) in [7, 11) is 1.89. The van der Waals surface area contributed by atoms with Gasteiger partial charge in [0.25, 0.3) is 0 Å². The Labute approximate surface area is 186 Å². The van der Waals surface area contributed by atoms with E-state index in [1.807, 2.05) is 49.9 Å². The fourth-order valence-corrected chi connectivity index (χ4v) is 4.15. The lowest BCUT2D eigenvalue weighted by Gasteiger charge is -2.32. The predicted molar refractivity (Wildman–Crippen MR) is 125 cm³/mol. The van der Waals surface area contributed by atoms with Crippen LogP contribution in [0.3, 0.4) is 0 Å². The van der Waals surface area contributed by atoms with E-state index in [1.54, 1.807) is 4.68 Å². The van der Waals surface area contributed by atoms with E-state index in [1.165, 1.54) is 11.1 Å². The number of anilines is 1. The van der Waals surface area contributed by atoms with Crippen LogP contribution in [0.25, 0.3) is 5.57 Å². The molecule has 7 nitrogen and oxygen atoms in total. The number of hydrogen-bond acceptors (Lipinski definition) is 6. The number of rotatable bonds is 3. The van der Waals surface area contributed by atoms with Gasteiger partial charge in [0.15, 0.2) is 0 Å². The van der Waals surface area contributed by atoms with E-state index >= 15 is 0 Å². The third-order valence-corrected chi connectivity index (χ3v) is 5.85. The summed E-state index contributed by atoms with van der Waals surface area (Å²) >= 11 is 6.21. The molecule has 0 saturated heterocycles. The van der Waals surface area contributed by atoms with E-state index in [0.29, 0.717) is 10.9 Å². The second-order valence-corrected chi connectivity index (χ2v) is 8.31. The largest absolute Gasteiger partial charge is 0.351 e. The average molecular weight is 434 g/mol. The van der Waals surface area contributed by atoms with Crippen LogP contribution in [-0.2, 0) is 25.8 Å². The Hall–Kier alpha value is -3.13. The molecule has 2 aliphatic heterocycles. The predicted octanol–water partition coefficient (Wildman–Crippen LogP) is 2.94. The number of aliphatic imine (C=N–C) groups is 1. The minimum Gasteiger partial charge on any atom is -0.351 e. The maximum atomic E-state index is 6.68. The van der Waals surface area contributed by atoms with Gasteiger partial charge in [0.05, 0.1) is 6.20 Å². The van der Waals surface area contributed by atoms with Crippen molar-refractivity contribution in [1.82, 2.24) is 20.4 Å². The van der Waals surface area contributed by atoms with Crippen LogP contribution in [0.2, 0.25) is 5.02 Å². The molecule has 31 heavy (non-hydrogen) atoms. The fourth-order valence-electron chi connectivity index (χ4n) is 3.96. The number of benzene rings is 2. The van der Waals surface area contributed by atoms with E-state index < -0.39 is 5.79 Å². The molecule has 1 unspecified atom stereocenters. The monoisotopic (exact) mass is 433 g/mol. The molecular formula is C23H24ClN7. The van der Waals surface area contributed by atoms with Crippen LogP contribution < -0.4 is 21.7 Å². The van der Waals surface area contributed by atoms with E-state index in [4.69, 9.17) is 22.3 Å². The normalized spacial score (nSPS) is 20.4. The number of nitrogens with two attached hydrogens (primary N) is 1. The lowest BCUT2D eigenvalue weighted by molar-refractivity contribution is 0.412. The summed E-state index contributed by atoms with van der Waals surface area (Å²) < 4.78 is 1.76. The highest BCUT2D eigenvalue weighted by Crippen LogP contribution is 2.29. The van der Waals surface area contributed by atoms with Crippen molar-refractivity contribution in [3.05, 3.63) is 88.3 Å². The fraction of sp³-hybridized carbons (Fsp3) is 0.217. The Bertz CT molecular complexity index is 1200. The van der Waals surface area contributed by atoms with Crippen LogP contribution >= 0.6 is 11.6 Å². The van der Waals surface area contributed by atoms with E-state index in [9.17, 15) is 0 Å². The van der Waals surface area contributed by atoms with Gasteiger partial charge in [-0.1, -0.05) is 29.8 Å². The molecule has 0 radical (unpaired) electrons. The van der Waals surface area contributed by atoms with E-state index in [-0.39, 0.29) is 0 Å². The minimum atomic E-state index is -1.14. The summed E-state index contributed by atoms with van der Waals surface area (Å²) in [4.78, 5) is 4.89. The highest BCUT2D eigenvalue weighted by Gasteiger charge is 2.31. The molecule has 1 aromatic heterocycles. The summed E-state index contributed by atoms with van der Waals surface area (Å²) in [5, 5.41) is 15.1. The molecule has 8 heteroatoms. The van der Waals surface area contributed by atoms with Crippen LogP contribution in [0.4, 0.5) is 5.69 Å². The number of amidine groups is 1. The molecular weight excluding hydrogens is 410 g/mol. The highest BCUT2D eigenvalue weighted by molar-refractivity contribution is 6.30. The topological polar surface area (TPSA) is 92.3 Å². The van der Waals surface area contributed by atoms with Crippen LogP contribution in [0.1, 0.15) is 22.3 Å². The van der Waals surface area contributed by atoms with Crippen LogP contribution in [0.15, 0.2) is 66.1 Å². The molecule has 0 saturated carbocycles. The summed E-state index contributed by atoms with van der Waals surface area (Å²) in [6.07, 6.45) is 6.68.